The Kier molecular flexibility index (Phi) is 4.40. The number of nitrogens with zero attached hydrogens (tertiary/aromatic N) is 3. The van der Waals surface area contributed by atoms with E-state index in [9.17, 15) is 4.79 Å². The van der Waals surface area contributed by atoms with Crippen molar-refractivity contribution in [3.05, 3.63) is 16.1 Å². The van der Waals surface area contributed by atoms with E-state index in [0.717, 1.165) is 55.9 Å². The molecule has 0 radical (unpaired) electrons. The summed E-state index contributed by atoms with van der Waals surface area (Å²) < 4.78 is 0. The van der Waals surface area contributed by atoms with Crippen LogP contribution in [0.25, 0.3) is 10.9 Å². The molecule has 134 valence electrons. The molecule has 1 aliphatic carbocycles. The number of carbonyl (C=O) groups excluding carboxylic acids is 1. The number of aromatic nitrogens is 2. The molecule has 0 aromatic carbocycles. The Morgan fingerprint density at radius 1 is 1.24 bits per heavy atom. The van der Waals surface area contributed by atoms with Crippen LogP contribution in [0.1, 0.15) is 56.2 Å². The maximum Gasteiger partial charge on any atom is 0.223 e. The van der Waals surface area contributed by atoms with Crippen molar-refractivity contribution in [2.45, 2.75) is 58.4 Å². The van der Waals surface area contributed by atoms with Gasteiger partial charge in [-0.2, -0.15) is 0 Å². The fourth-order valence-electron chi connectivity index (χ4n) is 3.50. The molecule has 0 atom stereocenters. The van der Waals surface area contributed by atoms with Gasteiger partial charge in [0.15, 0.2) is 0 Å². The monoisotopic (exact) mass is 358 g/mol. The predicted molar refractivity (Wildman–Crippen MR) is 102 cm³/mol. The quantitative estimate of drug-likeness (QED) is 0.907. The van der Waals surface area contributed by atoms with Gasteiger partial charge in [-0.1, -0.05) is 13.8 Å². The van der Waals surface area contributed by atoms with Crippen molar-refractivity contribution in [1.29, 1.82) is 0 Å². The molecule has 1 saturated heterocycles. The summed E-state index contributed by atoms with van der Waals surface area (Å²) in [6.07, 6.45) is 4.12. The van der Waals surface area contributed by atoms with E-state index in [-0.39, 0.29) is 11.8 Å². The summed E-state index contributed by atoms with van der Waals surface area (Å²) in [7, 11) is 0. The summed E-state index contributed by atoms with van der Waals surface area (Å²) in [5, 5.41) is 6.48. The van der Waals surface area contributed by atoms with Gasteiger partial charge in [-0.3, -0.25) is 4.79 Å². The minimum Gasteiger partial charge on any atom is -0.356 e. The second-order valence-corrected chi connectivity index (χ2v) is 8.74. The lowest BCUT2D eigenvalue weighted by molar-refractivity contribution is -0.125. The van der Waals surface area contributed by atoms with E-state index in [2.05, 4.69) is 36.4 Å². The largest absolute Gasteiger partial charge is 0.356 e. The van der Waals surface area contributed by atoms with Gasteiger partial charge in [0.05, 0.1) is 10.9 Å². The van der Waals surface area contributed by atoms with Crippen molar-refractivity contribution in [2.75, 3.05) is 18.0 Å². The van der Waals surface area contributed by atoms with Crippen LogP contribution >= 0.6 is 11.3 Å². The zero-order chi connectivity index (χ0) is 17.6. The molecule has 1 aliphatic heterocycles. The molecule has 5 nitrogen and oxygen atoms in total. The van der Waals surface area contributed by atoms with Crippen molar-refractivity contribution in [3.8, 4) is 0 Å². The molecule has 1 saturated carbocycles. The van der Waals surface area contributed by atoms with E-state index in [0.29, 0.717) is 12.0 Å². The number of amides is 1. The third-order valence-electron chi connectivity index (χ3n) is 5.24. The first kappa shape index (κ1) is 16.8. The fourth-order valence-corrected chi connectivity index (χ4v) is 4.27. The molecule has 0 spiro atoms. The van der Waals surface area contributed by atoms with Crippen molar-refractivity contribution in [2.24, 2.45) is 5.92 Å². The molecule has 1 amide bonds. The highest BCUT2D eigenvalue weighted by Gasteiger charge is 2.31. The van der Waals surface area contributed by atoms with Gasteiger partial charge in [0.1, 0.15) is 11.6 Å². The standard InChI is InChI=1S/C19H26N4OS/c1-11(2)17-21-15-10-25-12(3)16(15)18(22-17)23-8-6-13(7-9-23)19(24)20-14-4-5-14/h10-11,13-14H,4-9H2,1-3H3,(H,20,24). The first-order valence-electron chi connectivity index (χ1n) is 9.34. The molecule has 2 fully saturated rings. The molecule has 2 aromatic rings. The van der Waals surface area contributed by atoms with Crippen LogP contribution in [0.2, 0.25) is 0 Å². The molecule has 0 unspecified atom stereocenters. The molecule has 4 rings (SSSR count). The maximum absolute atomic E-state index is 12.3. The minimum atomic E-state index is 0.155. The van der Waals surface area contributed by atoms with E-state index in [1.54, 1.807) is 11.3 Å². The molecular formula is C19H26N4OS. The molecule has 3 heterocycles. The second-order valence-electron chi connectivity index (χ2n) is 7.66. The highest BCUT2D eigenvalue weighted by atomic mass is 32.1. The number of hydrogen-bond acceptors (Lipinski definition) is 5. The number of fused-ring (bicyclic) bond motifs is 1. The van der Waals surface area contributed by atoms with E-state index in [4.69, 9.17) is 9.97 Å². The van der Waals surface area contributed by atoms with Gasteiger partial charge in [0.2, 0.25) is 5.91 Å². The Labute approximate surface area is 152 Å². The number of nitrogens with one attached hydrogen (secondary N) is 1. The summed E-state index contributed by atoms with van der Waals surface area (Å²) in [5.74, 6) is 2.69. The zero-order valence-electron chi connectivity index (χ0n) is 15.2. The summed E-state index contributed by atoms with van der Waals surface area (Å²) in [6, 6.07) is 0.453. The van der Waals surface area contributed by atoms with Gasteiger partial charge in [-0.25, -0.2) is 9.97 Å². The minimum absolute atomic E-state index is 0.155. The van der Waals surface area contributed by atoms with Gasteiger partial charge in [-0.15, -0.1) is 11.3 Å². The Morgan fingerprint density at radius 2 is 1.96 bits per heavy atom. The van der Waals surface area contributed by atoms with Crippen LogP contribution in [-0.2, 0) is 4.79 Å². The van der Waals surface area contributed by atoms with Crippen molar-refractivity contribution in [1.82, 2.24) is 15.3 Å². The SMILES string of the molecule is Cc1scc2nc(C(C)C)nc(N3CCC(C(=O)NC4CC4)CC3)c12. The number of anilines is 1. The van der Waals surface area contributed by atoms with Crippen LogP contribution in [0.5, 0.6) is 0 Å². The van der Waals surface area contributed by atoms with Crippen LogP contribution in [0.15, 0.2) is 5.38 Å². The lowest BCUT2D eigenvalue weighted by Crippen LogP contribution is -2.41. The number of rotatable bonds is 4. The Bertz CT molecular complexity index is 788. The number of hydrogen-bond donors (Lipinski definition) is 1. The first-order chi connectivity index (χ1) is 12.0. The summed E-state index contributed by atoms with van der Waals surface area (Å²) in [5.41, 5.74) is 1.06. The third kappa shape index (κ3) is 3.36. The van der Waals surface area contributed by atoms with E-state index in [1.807, 2.05) is 0 Å². The van der Waals surface area contributed by atoms with Crippen LogP contribution in [0, 0.1) is 12.8 Å². The molecule has 0 bridgehead atoms. The molecule has 2 aromatic heterocycles. The molecule has 1 N–H and O–H groups in total. The Hall–Kier alpha value is -1.69. The summed E-state index contributed by atoms with van der Waals surface area (Å²) in [4.78, 5) is 25.6. The molecule has 6 heteroatoms. The van der Waals surface area contributed by atoms with Crippen LogP contribution in [0.4, 0.5) is 5.82 Å². The number of piperidine rings is 1. The number of aryl methyl sites for hydroxylation is 1. The summed E-state index contributed by atoms with van der Waals surface area (Å²) >= 11 is 1.74. The predicted octanol–water partition coefficient (Wildman–Crippen LogP) is 3.62. The van der Waals surface area contributed by atoms with Crippen LogP contribution < -0.4 is 10.2 Å². The van der Waals surface area contributed by atoms with Crippen molar-refractivity contribution < 1.29 is 4.79 Å². The normalized spacial score (nSPS) is 19.0. The average molecular weight is 359 g/mol. The highest BCUT2D eigenvalue weighted by Crippen LogP contribution is 2.34. The van der Waals surface area contributed by atoms with Crippen molar-refractivity contribution >= 4 is 34.0 Å². The van der Waals surface area contributed by atoms with E-state index >= 15 is 0 Å². The van der Waals surface area contributed by atoms with E-state index < -0.39 is 0 Å². The molecule has 25 heavy (non-hydrogen) atoms. The molecule has 2 aliphatic rings. The summed E-state index contributed by atoms with van der Waals surface area (Å²) in [6.45, 7) is 8.20. The van der Waals surface area contributed by atoms with Crippen molar-refractivity contribution in [3.63, 3.8) is 0 Å². The van der Waals surface area contributed by atoms with Gasteiger partial charge in [0.25, 0.3) is 0 Å². The smallest absolute Gasteiger partial charge is 0.223 e. The molecular weight excluding hydrogens is 332 g/mol. The zero-order valence-corrected chi connectivity index (χ0v) is 16.0. The Morgan fingerprint density at radius 3 is 2.60 bits per heavy atom. The van der Waals surface area contributed by atoms with Gasteiger partial charge in [0, 0.05) is 41.2 Å². The van der Waals surface area contributed by atoms with E-state index in [1.165, 1.54) is 10.3 Å². The Balaban J connectivity index is 1.55. The van der Waals surface area contributed by atoms with Crippen LogP contribution in [0.3, 0.4) is 0 Å². The number of thiophene rings is 1. The van der Waals surface area contributed by atoms with Gasteiger partial charge < -0.3 is 10.2 Å². The van der Waals surface area contributed by atoms with Gasteiger partial charge in [-0.05, 0) is 32.6 Å². The lowest BCUT2D eigenvalue weighted by atomic mass is 9.95. The lowest BCUT2D eigenvalue weighted by Gasteiger charge is -2.33. The second kappa shape index (κ2) is 6.56. The average Bonchev–Trinajstić information content (AvgIpc) is 3.35. The topological polar surface area (TPSA) is 58.1 Å². The number of carbonyl (C=O) groups is 1. The maximum atomic E-state index is 12.3. The highest BCUT2D eigenvalue weighted by molar-refractivity contribution is 7.11. The van der Waals surface area contributed by atoms with Crippen LogP contribution in [-0.4, -0.2) is 35.0 Å². The first-order valence-corrected chi connectivity index (χ1v) is 10.2. The van der Waals surface area contributed by atoms with Gasteiger partial charge >= 0.3 is 0 Å². The third-order valence-corrected chi connectivity index (χ3v) is 6.14. The fraction of sp³-hybridized carbons (Fsp3) is 0.632.